The summed E-state index contributed by atoms with van der Waals surface area (Å²) in [7, 11) is -17.9. The predicted octanol–water partition coefficient (Wildman–Crippen LogP) is 4.66. The van der Waals surface area contributed by atoms with Gasteiger partial charge in [-0.3, -0.25) is 27.8 Å². The predicted molar refractivity (Wildman–Crippen MR) is 221 cm³/mol. The Morgan fingerprint density at radius 1 is 0.750 bits per heavy atom. The van der Waals surface area contributed by atoms with Crippen molar-refractivity contribution in [1.29, 1.82) is 0 Å². The van der Waals surface area contributed by atoms with Gasteiger partial charge in [-0.05, 0) is 93.2 Å². The summed E-state index contributed by atoms with van der Waals surface area (Å²) in [6, 6.07) is 7.93. The summed E-state index contributed by atoms with van der Waals surface area (Å²) >= 11 is 0. The van der Waals surface area contributed by atoms with E-state index in [0.29, 0.717) is 45.1 Å². The van der Waals surface area contributed by atoms with Crippen LogP contribution in [0.1, 0.15) is 71.4 Å². The van der Waals surface area contributed by atoms with Gasteiger partial charge in [-0.25, -0.2) is 0 Å². The maximum Gasteiger partial charge on any atom is 0.317 e. The fourth-order valence-corrected chi connectivity index (χ4v) is 10.2. The fraction of sp³-hybridized carbons (Fsp3) is 0.410. The minimum atomic E-state index is -4.60. The highest BCUT2D eigenvalue weighted by Crippen LogP contribution is 2.49. The Morgan fingerprint density at radius 2 is 1.32 bits per heavy atom. The highest BCUT2D eigenvalue weighted by Gasteiger charge is 2.48. The van der Waals surface area contributed by atoms with Crippen molar-refractivity contribution in [3.8, 4) is 0 Å². The molecule has 21 heteroatoms. The van der Waals surface area contributed by atoms with Crippen molar-refractivity contribution in [2.45, 2.75) is 80.9 Å². The molecule has 0 spiro atoms. The van der Waals surface area contributed by atoms with Crippen molar-refractivity contribution in [2.75, 3.05) is 29.5 Å². The molecule has 2 heterocycles. The molecule has 2 aliphatic heterocycles. The van der Waals surface area contributed by atoms with Crippen LogP contribution in [0.5, 0.6) is 0 Å². The van der Waals surface area contributed by atoms with Crippen LogP contribution < -0.4 is 4.90 Å². The van der Waals surface area contributed by atoms with Gasteiger partial charge < -0.3 is 10.0 Å². The van der Waals surface area contributed by atoms with Gasteiger partial charge in [0.1, 0.15) is 17.7 Å². The molecule has 0 fully saturated rings. The number of anilines is 1. The second-order valence-corrected chi connectivity index (χ2v) is 22.2. The molecule has 5 rings (SSSR count). The van der Waals surface area contributed by atoms with Gasteiger partial charge in [0, 0.05) is 47.5 Å². The number of aliphatic carboxylic acids is 1. The standard InChI is InChI=1S/C39H46N2O15S4/c1-25(42)39(36(43)44)23-26(8-14-34-37(2,3)30-21-28(59(51,52)53)10-12-32(30)40(34)16-6-18-57(45,46)47)20-27(24-39)9-15-35-38(4,5)31-22-29(60(54,55)56)11-13-33(31)41(35)17-7-19-58(48,49)50/h8-15,20-22H,6-7,16-19,23-24H2,1-5H3,(H4-,43,44,45,46,47,48,49,50,51,52,53,54,55,56)/p+1. The molecule has 1 aliphatic carbocycles. The molecule has 5 N–H and O–H groups in total. The van der Waals surface area contributed by atoms with Crippen LogP contribution in [0, 0.1) is 5.41 Å². The lowest BCUT2D eigenvalue weighted by atomic mass is 9.69. The number of ketones is 1. The second kappa shape index (κ2) is 16.2. The van der Waals surface area contributed by atoms with Crippen molar-refractivity contribution in [1.82, 2.24) is 0 Å². The van der Waals surface area contributed by atoms with E-state index >= 15 is 0 Å². The quantitative estimate of drug-likeness (QED) is 0.0923. The Balaban J connectivity index is 1.65. The summed E-state index contributed by atoms with van der Waals surface area (Å²) in [5, 5.41) is 10.5. The summed E-state index contributed by atoms with van der Waals surface area (Å²) in [6.07, 6.45) is 7.70. The van der Waals surface area contributed by atoms with Gasteiger partial charge in [0.05, 0.1) is 26.7 Å². The topological polar surface area (TPSA) is 278 Å². The van der Waals surface area contributed by atoms with Gasteiger partial charge in [-0.15, -0.1) is 0 Å². The molecule has 0 radical (unpaired) electrons. The van der Waals surface area contributed by atoms with E-state index in [1.54, 1.807) is 67.6 Å². The molecule has 2 aromatic rings. The maximum atomic E-state index is 13.2. The summed E-state index contributed by atoms with van der Waals surface area (Å²) in [5.41, 5.74) is -0.0455. The Morgan fingerprint density at radius 3 is 1.87 bits per heavy atom. The number of carbonyl (C=O) groups excluding carboxylic acids is 1. The summed E-state index contributed by atoms with van der Waals surface area (Å²) < 4.78 is 135. The molecule has 17 nitrogen and oxygen atoms in total. The first-order valence-corrected chi connectivity index (χ1v) is 24.6. The highest BCUT2D eigenvalue weighted by molar-refractivity contribution is 7.86. The molecule has 326 valence electrons. The molecule has 60 heavy (non-hydrogen) atoms. The van der Waals surface area contributed by atoms with Gasteiger partial charge in [0.25, 0.3) is 40.5 Å². The molecule has 0 saturated heterocycles. The number of nitrogens with zero attached hydrogens (tertiary/aromatic N) is 2. The monoisotopic (exact) mass is 911 g/mol. The van der Waals surface area contributed by atoms with Crippen molar-refractivity contribution in [2.24, 2.45) is 5.41 Å². The molecule has 0 amide bonds. The zero-order valence-electron chi connectivity index (χ0n) is 33.4. The van der Waals surface area contributed by atoms with Gasteiger partial charge >= 0.3 is 5.97 Å². The molecule has 1 unspecified atom stereocenters. The number of rotatable bonds is 15. The molecule has 1 atom stereocenters. The van der Waals surface area contributed by atoms with E-state index in [2.05, 4.69) is 0 Å². The fourth-order valence-electron chi connectivity index (χ4n) is 8.16. The summed E-state index contributed by atoms with van der Waals surface area (Å²) in [5.74, 6) is -3.15. The van der Waals surface area contributed by atoms with E-state index in [-0.39, 0.29) is 48.6 Å². The van der Waals surface area contributed by atoms with Crippen LogP contribution in [0.25, 0.3) is 0 Å². The highest BCUT2D eigenvalue weighted by atomic mass is 32.2. The van der Waals surface area contributed by atoms with Crippen molar-refractivity contribution in [3.63, 3.8) is 0 Å². The van der Waals surface area contributed by atoms with E-state index in [0.717, 1.165) is 0 Å². The molecule has 0 aromatic heterocycles. The van der Waals surface area contributed by atoms with Crippen LogP contribution in [0.4, 0.5) is 11.4 Å². The van der Waals surface area contributed by atoms with Crippen molar-refractivity contribution in [3.05, 3.63) is 94.7 Å². The molecule has 2 aromatic carbocycles. The number of hydrogen-bond acceptors (Lipinski definition) is 11. The smallest absolute Gasteiger partial charge is 0.317 e. The normalized spacial score (nSPS) is 21.8. The van der Waals surface area contributed by atoms with Crippen LogP contribution in [0.3, 0.4) is 0 Å². The molecular formula is C39H47N2O15S4+. The number of carboxylic acid groups (broad SMARTS) is 1. The van der Waals surface area contributed by atoms with Crippen molar-refractivity contribution < 1.29 is 71.2 Å². The van der Waals surface area contributed by atoms with E-state index in [9.17, 15) is 66.6 Å². The third-order valence-electron chi connectivity index (χ3n) is 11.3. The number of fused-ring (bicyclic) bond motifs is 2. The summed E-state index contributed by atoms with van der Waals surface area (Å²) in [6.45, 7) is 8.36. The van der Waals surface area contributed by atoms with Crippen LogP contribution in [0.15, 0.2) is 93.4 Å². The average Bonchev–Trinajstić information content (AvgIpc) is 3.45. The number of allylic oxidation sites excluding steroid dienone is 8. The van der Waals surface area contributed by atoms with Crippen LogP contribution in [-0.4, -0.2) is 104 Å². The lowest BCUT2D eigenvalue weighted by molar-refractivity contribution is -0.437. The summed E-state index contributed by atoms with van der Waals surface area (Å²) in [4.78, 5) is 27.2. The van der Waals surface area contributed by atoms with Gasteiger partial charge in [0.2, 0.25) is 5.69 Å². The number of benzene rings is 2. The Hall–Kier alpha value is -4.35. The first-order chi connectivity index (χ1) is 27.4. The molecule has 0 saturated carbocycles. The lowest BCUT2D eigenvalue weighted by Crippen LogP contribution is -2.40. The van der Waals surface area contributed by atoms with Gasteiger partial charge in [0.15, 0.2) is 5.71 Å². The van der Waals surface area contributed by atoms with Gasteiger partial charge in [-0.2, -0.15) is 38.2 Å². The largest absolute Gasteiger partial charge is 0.480 e. The molecular weight excluding hydrogens is 865 g/mol. The first kappa shape index (κ1) is 46.7. The number of carboxylic acids is 1. The number of hydrogen-bond donors (Lipinski definition) is 5. The van der Waals surface area contributed by atoms with Crippen LogP contribution in [0.2, 0.25) is 0 Å². The maximum absolute atomic E-state index is 13.2. The zero-order chi connectivity index (χ0) is 45.0. The number of Topliss-reactive ketones (excluding diaryl/α,β-unsaturated/α-hetero) is 1. The lowest BCUT2D eigenvalue weighted by Gasteiger charge is -2.32. The average molecular weight is 912 g/mol. The van der Waals surface area contributed by atoms with E-state index in [1.165, 1.54) is 43.3 Å². The molecule has 3 aliphatic rings. The van der Waals surface area contributed by atoms with E-state index in [1.807, 2.05) is 0 Å². The second-order valence-electron chi connectivity index (χ2n) is 16.2. The van der Waals surface area contributed by atoms with Crippen LogP contribution in [-0.2, 0) is 60.9 Å². The van der Waals surface area contributed by atoms with E-state index < -0.39 is 80.0 Å². The minimum Gasteiger partial charge on any atom is -0.480 e. The van der Waals surface area contributed by atoms with E-state index in [4.69, 9.17) is 0 Å². The zero-order valence-corrected chi connectivity index (χ0v) is 36.6. The SMILES string of the molecule is CC(=O)C1(C(=O)O)CC(/C=C/C2=[N+](CCCS(=O)(=O)O)c3ccc(S(=O)(=O)O)cc3C2(C)C)=CC(=C/C=C2/N(CCCS(=O)(=O)O)c3ccc(S(=O)(=O)O)cc3C2(C)C)/C1. The first-order valence-electron chi connectivity index (χ1n) is 18.5. The molecule has 0 bridgehead atoms. The van der Waals surface area contributed by atoms with Crippen LogP contribution >= 0.6 is 0 Å². The third kappa shape index (κ3) is 9.73. The van der Waals surface area contributed by atoms with Crippen molar-refractivity contribution >= 4 is 69.3 Å². The third-order valence-corrected chi connectivity index (χ3v) is 14.6. The van der Waals surface area contributed by atoms with Gasteiger partial charge in [-0.1, -0.05) is 32.1 Å². The Kier molecular flexibility index (Phi) is 12.6. The number of carbonyl (C=O) groups is 2. The minimum absolute atomic E-state index is 0.0351. The Bertz CT molecular complexity index is 2760. The Labute approximate surface area is 349 Å².